The van der Waals surface area contributed by atoms with E-state index in [1.807, 2.05) is 60.7 Å². The first kappa shape index (κ1) is 74.2. The molecule has 77 heavy (non-hydrogen) atoms. The third-order valence-corrected chi connectivity index (χ3v) is 13.6. The molecule has 0 saturated heterocycles. The van der Waals surface area contributed by atoms with Gasteiger partial charge in [-0.1, -0.05) is 256 Å². The Balaban J connectivity index is 0.00000104. The van der Waals surface area contributed by atoms with Gasteiger partial charge in [-0.05, 0) is 93.7 Å². The van der Waals surface area contributed by atoms with Crippen LogP contribution in [0.1, 0.15) is 207 Å². The first-order valence-electron chi connectivity index (χ1n) is 29.6. The van der Waals surface area contributed by atoms with Crippen molar-refractivity contribution in [2.24, 2.45) is 0 Å². The highest BCUT2D eigenvalue weighted by molar-refractivity contribution is 9.09. The Morgan fingerprint density at radius 3 is 0.831 bits per heavy atom. The van der Waals surface area contributed by atoms with Gasteiger partial charge >= 0.3 is 0 Å². The SMILES string of the molecule is BrCCCCCCOCc1ccccc1.O=Cc1ccccc1.OC(CCCCCCOCc1ccccc1)CCCCCCOCc1ccccc1.OCCCCCCBr.OCCCCCCC(O)CCCCCCO. The van der Waals surface area contributed by atoms with Gasteiger partial charge in [0.1, 0.15) is 6.29 Å². The predicted octanol–water partition coefficient (Wildman–Crippen LogP) is 16.5. The predicted molar refractivity (Wildman–Crippen MR) is 330 cm³/mol. The maximum Gasteiger partial charge on any atom is 0.150 e. The fourth-order valence-corrected chi connectivity index (χ4v) is 8.68. The zero-order valence-electron chi connectivity index (χ0n) is 47.5. The normalized spacial score (nSPS) is 10.7. The van der Waals surface area contributed by atoms with E-state index >= 15 is 0 Å². The average molecular weight is 1200 g/mol. The molecule has 0 radical (unpaired) electrons. The number of aldehydes is 1. The number of carbonyl (C=O) groups excluding carboxylic acids is 1. The second-order valence-electron chi connectivity index (χ2n) is 19.6. The Labute approximate surface area is 485 Å². The third kappa shape index (κ3) is 56.3. The van der Waals surface area contributed by atoms with Crippen LogP contribution in [0.3, 0.4) is 0 Å². The topological polar surface area (TPSA) is 146 Å². The summed E-state index contributed by atoms with van der Waals surface area (Å²) in [7, 11) is 0. The van der Waals surface area contributed by atoms with Crippen molar-refractivity contribution in [1.82, 2.24) is 0 Å². The van der Waals surface area contributed by atoms with Crippen LogP contribution in [0, 0.1) is 0 Å². The molecule has 0 aliphatic heterocycles. The van der Waals surface area contributed by atoms with Crippen molar-refractivity contribution >= 4 is 38.1 Å². The molecule has 11 heteroatoms. The molecule has 0 aliphatic rings. The standard InChI is InChI=1S/C27H40O3.C13H19BrO.C13H28O3.C7H6O.C6H13BrO/c28-27(19-11-1-3-13-21-29-23-25-15-7-5-8-16-25)20-12-2-4-14-22-30-24-26-17-9-6-10-18-26;14-10-6-1-2-7-11-15-12-13-8-4-3-5-9-13;14-11-7-3-1-5-9-13(16)10-6-2-4-8-12-15;8-6-7-4-2-1-3-5-7;7-5-3-1-2-4-6-8/h5-10,15-18,27-28H,1-4,11-14,19-24H2;3-5,8-9H,1-2,6-7,10-12H2;13-16H,1-12H2;1-6H;8H,1-6H2. The number of alkyl halides is 2. The molecular formula is C66H106Br2O9. The molecule has 5 N–H and O–H groups in total. The van der Waals surface area contributed by atoms with E-state index < -0.39 is 0 Å². The summed E-state index contributed by atoms with van der Waals surface area (Å²) in [4.78, 5) is 10.0. The van der Waals surface area contributed by atoms with Gasteiger partial charge in [0.05, 0.1) is 32.0 Å². The van der Waals surface area contributed by atoms with Crippen molar-refractivity contribution in [1.29, 1.82) is 0 Å². The van der Waals surface area contributed by atoms with Gasteiger partial charge in [0.25, 0.3) is 0 Å². The molecule has 0 heterocycles. The van der Waals surface area contributed by atoms with Gasteiger partial charge in [-0.3, -0.25) is 4.79 Å². The monoisotopic (exact) mass is 1200 g/mol. The largest absolute Gasteiger partial charge is 0.396 e. The highest BCUT2D eigenvalue weighted by Crippen LogP contribution is 2.15. The Bertz CT molecular complexity index is 1620. The van der Waals surface area contributed by atoms with Crippen molar-refractivity contribution in [3.63, 3.8) is 0 Å². The quantitative estimate of drug-likeness (QED) is 0.0166. The summed E-state index contributed by atoms with van der Waals surface area (Å²) in [6.07, 6.45) is 31.3. The van der Waals surface area contributed by atoms with Crippen LogP contribution in [0.5, 0.6) is 0 Å². The zero-order valence-corrected chi connectivity index (χ0v) is 50.7. The van der Waals surface area contributed by atoms with Gasteiger partial charge in [-0.25, -0.2) is 0 Å². The minimum Gasteiger partial charge on any atom is -0.396 e. The molecule has 0 aromatic heterocycles. The van der Waals surface area contributed by atoms with Crippen molar-refractivity contribution in [3.8, 4) is 0 Å². The summed E-state index contributed by atoms with van der Waals surface area (Å²) >= 11 is 6.77. The lowest BCUT2D eigenvalue weighted by atomic mass is 10.0. The van der Waals surface area contributed by atoms with Gasteiger partial charge in [-0.2, -0.15) is 0 Å². The number of benzene rings is 4. The fraction of sp³-hybridized carbons (Fsp3) is 0.621. The van der Waals surface area contributed by atoms with Crippen molar-refractivity contribution in [2.75, 3.05) is 50.3 Å². The summed E-state index contributed by atoms with van der Waals surface area (Å²) in [6, 6.07) is 40.1. The first-order chi connectivity index (χ1) is 37.9. The van der Waals surface area contributed by atoms with E-state index in [-0.39, 0.29) is 25.4 Å². The minimum atomic E-state index is -0.150. The lowest BCUT2D eigenvalue weighted by Gasteiger charge is -2.10. The summed E-state index contributed by atoms with van der Waals surface area (Å²) in [5, 5.41) is 47.6. The summed E-state index contributed by atoms with van der Waals surface area (Å²) in [5.41, 5.74) is 4.46. The van der Waals surface area contributed by atoms with Crippen LogP contribution in [-0.4, -0.2) is 94.3 Å². The number of aliphatic hydroxyl groups excluding tert-OH is 5. The average Bonchev–Trinajstić information content (AvgIpc) is 3.47. The Morgan fingerprint density at radius 2 is 0.584 bits per heavy atom. The highest BCUT2D eigenvalue weighted by Gasteiger charge is 2.05. The van der Waals surface area contributed by atoms with Crippen LogP contribution in [0.4, 0.5) is 0 Å². The maximum atomic E-state index is 10.1. The van der Waals surface area contributed by atoms with E-state index in [4.69, 9.17) is 29.5 Å². The van der Waals surface area contributed by atoms with Crippen molar-refractivity contribution < 1.29 is 44.5 Å². The minimum absolute atomic E-state index is 0.131. The van der Waals surface area contributed by atoms with E-state index in [0.29, 0.717) is 19.8 Å². The molecule has 4 rings (SSSR count). The number of hydrogen-bond acceptors (Lipinski definition) is 9. The number of aliphatic hydroxyl groups is 5. The van der Waals surface area contributed by atoms with Crippen molar-refractivity contribution in [2.45, 2.75) is 212 Å². The van der Waals surface area contributed by atoms with Gasteiger partial charge in [0.15, 0.2) is 0 Å². The van der Waals surface area contributed by atoms with Crippen molar-refractivity contribution in [3.05, 3.63) is 144 Å². The maximum absolute atomic E-state index is 10.1. The molecule has 0 unspecified atom stereocenters. The molecule has 0 atom stereocenters. The van der Waals surface area contributed by atoms with Crippen LogP contribution in [0.2, 0.25) is 0 Å². The van der Waals surface area contributed by atoms with Crippen LogP contribution in [0.25, 0.3) is 0 Å². The molecule has 0 amide bonds. The number of hydrogen-bond donors (Lipinski definition) is 5. The molecule has 0 spiro atoms. The summed E-state index contributed by atoms with van der Waals surface area (Å²) < 4.78 is 17.0. The second-order valence-corrected chi connectivity index (χ2v) is 21.2. The van der Waals surface area contributed by atoms with Crippen LogP contribution in [0.15, 0.2) is 121 Å². The molecule has 438 valence electrons. The second kappa shape index (κ2) is 62.4. The summed E-state index contributed by atoms with van der Waals surface area (Å²) in [5.74, 6) is 0. The van der Waals surface area contributed by atoms with E-state index in [1.165, 1.54) is 87.3 Å². The highest BCUT2D eigenvalue weighted by atomic mass is 79.9. The lowest BCUT2D eigenvalue weighted by molar-refractivity contribution is 0.112. The van der Waals surface area contributed by atoms with Gasteiger partial charge in [-0.15, -0.1) is 0 Å². The Morgan fingerprint density at radius 1 is 0.338 bits per heavy atom. The first-order valence-corrected chi connectivity index (χ1v) is 31.8. The van der Waals surface area contributed by atoms with Crippen LogP contribution >= 0.6 is 31.9 Å². The summed E-state index contributed by atoms with van der Waals surface area (Å²) in [6.45, 7) is 5.62. The Kier molecular flexibility index (Phi) is 60.1. The fourth-order valence-electron chi connectivity index (χ4n) is 7.89. The molecular weight excluding hydrogens is 1100 g/mol. The van der Waals surface area contributed by atoms with Gasteiger partial charge in [0, 0.05) is 55.9 Å². The molecule has 4 aromatic carbocycles. The molecule has 0 bridgehead atoms. The number of ether oxygens (including phenoxy) is 3. The molecule has 0 fully saturated rings. The lowest BCUT2D eigenvalue weighted by Crippen LogP contribution is -2.06. The number of halogens is 2. The molecule has 0 aliphatic carbocycles. The smallest absolute Gasteiger partial charge is 0.150 e. The van der Waals surface area contributed by atoms with Gasteiger partial charge < -0.3 is 39.7 Å². The zero-order chi connectivity index (χ0) is 56.0. The van der Waals surface area contributed by atoms with E-state index in [9.17, 15) is 15.0 Å². The third-order valence-electron chi connectivity index (χ3n) is 12.5. The number of carbonyl (C=O) groups is 1. The Hall–Kier alpha value is -2.81. The van der Waals surface area contributed by atoms with Gasteiger partial charge in [0.2, 0.25) is 0 Å². The number of unbranched alkanes of at least 4 members (excludes halogenated alkanes) is 18. The van der Waals surface area contributed by atoms with Crippen LogP contribution < -0.4 is 0 Å². The van der Waals surface area contributed by atoms with E-state index in [1.54, 1.807) is 12.1 Å². The van der Waals surface area contributed by atoms with E-state index in [0.717, 1.165) is 158 Å². The molecule has 0 saturated carbocycles. The van der Waals surface area contributed by atoms with Crippen LogP contribution in [-0.2, 0) is 34.0 Å². The molecule has 4 aromatic rings. The van der Waals surface area contributed by atoms with E-state index in [2.05, 4.69) is 80.4 Å². The molecule has 9 nitrogen and oxygen atoms in total. The number of rotatable bonds is 44.